The first-order chi connectivity index (χ1) is 13.4. The first kappa shape index (κ1) is 29.3. The van der Waals surface area contributed by atoms with Gasteiger partial charge < -0.3 is 10.2 Å². The average Bonchev–Trinajstić information content (AvgIpc) is 2.66. The van der Waals surface area contributed by atoms with Gasteiger partial charge >= 0.3 is 5.97 Å². The summed E-state index contributed by atoms with van der Waals surface area (Å²) >= 11 is 0. The molecule has 168 valence electrons. The first-order valence-electron chi connectivity index (χ1n) is 11.7. The predicted octanol–water partition coefficient (Wildman–Crippen LogP) is 7.96. The van der Waals surface area contributed by atoms with Crippen molar-refractivity contribution in [3.8, 4) is 0 Å². The van der Waals surface area contributed by atoms with Crippen LogP contribution in [0.4, 0.5) is 4.39 Å². The lowest BCUT2D eigenvalue weighted by molar-refractivity contribution is -0.131. The van der Waals surface area contributed by atoms with Crippen molar-refractivity contribution in [3.63, 3.8) is 0 Å². The SMILES string of the molecule is C=CC(=O)O.CCCCCCCCCCCCCC(O)(F)CCCCCCC. The van der Waals surface area contributed by atoms with E-state index in [1.54, 1.807) is 0 Å². The lowest BCUT2D eigenvalue weighted by atomic mass is 10.00. The van der Waals surface area contributed by atoms with Gasteiger partial charge in [0.1, 0.15) is 0 Å². The van der Waals surface area contributed by atoms with E-state index in [0.717, 1.165) is 31.8 Å². The molecule has 1 unspecified atom stereocenters. The summed E-state index contributed by atoms with van der Waals surface area (Å²) in [5, 5.41) is 17.4. The zero-order valence-corrected chi connectivity index (χ0v) is 18.7. The van der Waals surface area contributed by atoms with E-state index < -0.39 is 11.8 Å². The fraction of sp³-hybridized carbons (Fsp3) is 0.875. The summed E-state index contributed by atoms with van der Waals surface area (Å²) in [5.74, 6) is -2.89. The normalized spacial score (nSPS) is 12.7. The fourth-order valence-electron chi connectivity index (χ4n) is 3.18. The van der Waals surface area contributed by atoms with E-state index in [4.69, 9.17) is 5.11 Å². The third-order valence-electron chi connectivity index (χ3n) is 5.00. The maximum absolute atomic E-state index is 13.9. The van der Waals surface area contributed by atoms with Gasteiger partial charge in [0.2, 0.25) is 5.85 Å². The molecule has 0 saturated carbocycles. The molecule has 0 aliphatic rings. The van der Waals surface area contributed by atoms with Crippen LogP contribution in [0.15, 0.2) is 12.7 Å². The quantitative estimate of drug-likeness (QED) is 0.170. The van der Waals surface area contributed by atoms with Crippen LogP contribution < -0.4 is 0 Å². The van der Waals surface area contributed by atoms with Crippen LogP contribution in [-0.2, 0) is 4.79 Å². The van der Waals surface area contributed by atoms with Crippen LogP contribution in [0.3, 0.4) is 0 Å². The largest absolute Gasteiger partial charge is 0.478 e. The minimum Gasteiger partial charge on any atom is -0.478 e. The molecule has 0 spiro atoms. The summed E-state index contributed by atoms with van der Waals surface area (Å²) in [6, 6.07) is 0. The number of aliphatic hydroxyl groups is 1. The molecule has 28 heavy (non-hydrogen) atoms. The van der Waals surface area contributed by atoms with Gasteiger partial charge in [0, 0.05) is 18.9 Å². The van der Waals surface area contributed by atoms with Crippen molar-refractivity contribution in [1.82, 2.24) is 0 Å². The fourth-order valence-corrected chi connectivity index (χ4v) is 3.18. The highest BCUT2D eigenvalue weighted by atomic mass is 19.2. The monoisotopic (exact) mass is 402 g/mol. The summed E-state index contributed by atoms with van der Waals surface area (Å²) in [6.07, 6.45) is 20.9. The summed E-state index contributed by atoms with van der Waals surface area (Å²) < 4.78 is 13.9. The highest BCUT2D eigenvalue weighted by molar-refractivity contribution is 5.78. The molecule has 0 saturated heterocycles. The molecule has 1 atom stereocenters. The van der Waals surface area contributed by atoms with Crippen molar-refractivity contribution in [1.29, 1.82) is 0 Å². The molecule has 0 aliphatic heterocycles. The Balaban J connectivity index is 0. The minimum atomic E-state index is -1.91. The van der Waals surface area contributed by atoms with Gasteiger partial charge in [-0.1, -0.05) is 110 Å². The number of alkyl halides is 1. The second-order valence-electron chi connectivity index (χ2n) is 7.91. The van der Waals surface area contributed by atoms with E-state index in [2.05, 4.69) is 20.4 Å². The Bertz CT molecular complexity index is 343. The van der Waals surface area contributed by atoms with Gasteiger partial charge in [0.05, 0.1) is 0 Å². The van der Waals surface area contributed by atoms with E-state index in [1.807, 2.05) is 0 Å². The van der Waals surface area contributed by atoms with Crippen LogP contribution in [0.1, 0.15) is 129 Å². The molecular formula is C24H47FO3. The van der Waals surface area contributed by atoms with E-state index in [9.17, 15) is 14.3 Å². The number of halogens is 1. The highest BCUT2D eigenvalue weighted by Gasteiger charge is 2.24. The van der Waals surface area contributed by atoms with Crippen LogP contribution in [0.25, 0.3) is 0 Å². The van der Waals surface area contributed by atoms with Gasteiger partial charge in [-0.05, 0) is 12.8 Å². The van der Waals surface area contributed by atoms with Crippen molar-refractivity contribution in [2.45, 2.75) is 135 Å². The van der Waals surface area contributed by atoms with Gasteiger partial charge in [-0.3, -0.25) is 0 Å². The molecule has 0 radical (unpaired) electrons. The lowest BCUT2D eigenvalue weighted by Gasteiger charge is -2.18. The van der Waals surface area contributed by atoms with Crippen molar-refractivity contribution in [2.24, 2.45) is 0 Å². The van der Waals surface area contributed by atoms with E-state index in [-0.39, 0.29) is 0 Å². The van der Waals surface area contributed by atoms with Crippen molar-refractivity contribution in [2.75, 3.05) is 0 Å². The second-order valence-corrected chi connectivity index (χ2v) is 7.91. The van der Waals surface area contributed by atoms with E-state index >= 15 is 0 Å². The number of carbonyl (C=O) groups is 1. The maximum Gasteiger partial charge on any atom is 0.327 e. The number of carboxylic acids is 1. The summed E-state index contributed by atoms with van der Waals surface area (Å²) in [4.78, 5) is 9.25. The maximum atomic E-state index is 13.9. The Morgan fingerprint density at radius 2 is 1.00 bits per heavy atom. The molecule has 0 bridgehead atoms. The number of rotatable bonds is 19. The van der Waals surface area contributed by atoms with Gasteiger partial charge in [0.15, 0.2) is 0 Å². The highest BCUT2D eigenvalue weighted by Crippen LogP contribution is 2.24. The molecule has 0 rings (SSSR count). The summed E-state index contributed by atoms with van der Waals surface area (Å²) in [6.45, 7) is 7.39. The molecule has 0 aliphatic carbocycles. The van der Waals surface area contributed by atoms with Crippen LogP contribution in [0.2, 0.25) is 0 Å². The zero-order chi connectivity index (χ0) is 21.5. The second kappa shape index (κ2) is 22.4. The van der Waals surface area contributed by atoms with Crippen LogP contribution in [0.5, 0.6) is 0 Å². The molecule has 2 N–H and O–H groups in total. The Labute approximate surface area is 173 Å². The molecular weight excluding hydrogens is 355 g/mol. The molecule has 0 aromatic rings. The summed E-state index contributed by atoms with van der Waals surface area (Å²) in [7, 11) is 0. The molecule has 4 heteroatoms. The number of carboxylic acid groups (broad SMARTS) is 1. The van der Waals surface area contributed by atoms with Crippen LogP contribution in [0, 0.1) is 0 Å². The van der Waals surface area contributed by atoms with Gasteiger partial charge in [-0.15, -0.1) is 0 Å². The first-order valence-corrected chi connectivity index (χ1v) is 11.7. The molecule has 0 aromatic carbocycles. The topological polar surface area (TPSA) is 57.5 Å². The number of aliphatic carboxylic acids is 1. The van der Waals surface area contributed by atoms with Gasteiger partial charge in [0.25, 0.3) is 0 Å². The Morgan fingerprint density at radius 1 is 0.750 bits per heavy atom. The third kappa shape index (κ3) is 27.3. The zero-order valence-electron chi connectivity index (χ0n) is 18.7. The van der Waals surface area contributed by atoms with Gasteiger partial charge in [-0.2, -0.15) is 0 Å². The van der Waals surface area contributed by atoms with E-state index in [0.29, 0.717) is 12.8 Å². The molecule has 0 fully saturated rings. The average molecular weight is 403 g/mol. The van der Waals surface area contributed by atoms with Crippen molar-refractivity contribution < 1.29 is 19.4 Å². The van der Waals surface area contributed by atoms with Crippen LogP contribution in [-0.4, -0.2) is 22.0 Å². The third-order valence-corrected chi connectivity index (χ3v) is 5.00. The van der Waals surface area contributed by atoms with Gasteiger partial charge in [-0.25, -0.2) is 9.18 Å². The Hall–Kier alpha value is -0.900. The molecule has 0 heterocycles. The Morgan fingerprint density at radius 3 is 1.25 bits per heavy atom. The van der Waals surface area contributed by atoms with E-state index in [1.165, 1.54) is 77.0 Å². The van der Waals surface area contributed by atoms with Crippen molar-refractivity contribution in [3.05, 3.63) is 12.7 Å². The van der Waals surface area contributed by atoms with Crippen molar-refractivity contribution >= 4 is 5.97 Å². The standard InChI is InChI=1S/C21H43FO.C3H4O2/c1-3-5-7-9-10-11-12-13-14-16-18-20-21(22,23)19-17-15-8-6-4-2;1-2-3(4)5/h23H,3-20H2,1-2H3;2H,1H2,(H,4,5). The molecule has 0 amide bonds. The Kier molecular flexibility index (Phi) is 23.4. The lowest BCUT2D eigenvalue weighted by Crippen LogP contribution is -2.21. The predicted molar refractivity (Wildman–Crippen MR) is 118 cm³/mol. The number of hydrogen-bond acceptors (Lipinski definition) is 2. The van der Waals surface area contributed by atoms with Crippen LogP contribution >= 0.6 is 0 Å². The summed E-state index contributed by atoms with van der Waals surface area (Å²) in [5.41, 5.74) is 0. The number of unbranched alkanes of at least 4 members (excludes halogenated alkanes) is 14. The number of hydrogen-bond donors (Lipinski definition) is 2. The molecule has 3 nitrogen and oxygen atoms in total. The minimum absolute atomic E-state index is 0.328. The smallest absolute Gasteiger partial charge is 0.327 e. The molecule has 0 aromatic heterocycles.